The van der Waals surface area contributed by atoms with Gasteiger partial charge >= 0.3 is 0 Å². The van der Waals surface area contributed by atoms with E-state index >= 15 is 0 Å². The lowest BCUT2D eigenvalue weighted by Gasteiger charge is -2.33. The van der Waals surface area contributed by atoms with Gasteiger partial charge < -0.3 is 15.7 Å². The zero-order valence-corrected chi connectivity index (χ0v) is 10.5. The molecule has 94 valence electrons. The zero-order valence-electron chi connectivity index (χ0n) is 10.5. The van der Waals surface area contributed by atoms with Gasteiger partial charge in [-0.2, -0.15) is 0 Å². The van der Waals surface area contributed by atoms with E-state index < -0.39 is 5.60 Å². The standard InChI is InChI=1S/C14H22N2O/c1-14(17,11-15)8-10-16-9-4-6-12-5-2-3-7-13(12)16/h2-3,5,7,17H,4,6,8-11,15H2,1H3. The first-order valence-corrected chi connectivity index (χ1v) is 6.38. The molecular weight excluding hydrogens is 212 g/mol. The summed E-state index contributed by atoms with van der Waals surface area (Å²) in [7, 11) is 0. The number of para-hydroxylation sites is 1. The fourth-order valence-electron chi connectivity index (χ4n) is 2.32. The van der Waals surface area contributed by atoms with Crippen LogP contribution in [0.5, 0.6) is 0 Å². The molecule has 0 aromatic heterocycles. The summed E-state index contributed by atoms with van der Waals surface area (Å²) in [6.45, 7) is 4.09. The third-order valence-electron chi connectivity index (χ3n) is 3.57. The number of nitrogens with zero attached hydrogens (tertiary/aromatic N) is 1. The fraction of sp³-hybridized carbons (Fsp3) is 0.571. The Bertz CT molecular complexity index is 376. The first-order chi connectivity index (χ1) is 8.12. The van der Waals surface area contributed by atoms with Crippen LogP contribution in [-0.2, 0) is 6.42 Å². The molecule has 0 fully saturated rings. The second-order valence-corrected chi connectivity index (χ2v) is 5.17. The summed E-state index contributed by atoms with van der Waals surface area (Å²) in [5.41, 5.74) is 7.55. The highest BCUT2D eigenvalue weighted by Gasteiger charge is 2.22. The first-order valence-electron chi connectivity index (χ1n) is 6.38. The van der Waals surface area contributed by atoms with Crippen molar-refractivity contribution < 1.29 is 5.11 Å². The Labute approximate surface area is 103 Å². The summed E-state index contributed by atoms with van der Waals surface area (Å²) in [6, 6.07) is 8.55. The molecule has 1 atom stereocenters. The van der Waals surface area contributed by atoms with Crippen molar-refractivity contribution in [2.45, 2.75) is 31.8 Å². The minimum Gasteiger partial charge on any atom is -0.389 e. The topological polar surface area (TPSA) is 49.5 Å². The van der Waals surface area contributed by atoms with E-state index in [1.165, 1.54) is 24.1 Å². The Hall–Kier alpha value is -1.06. The first kappa shape index (κ1) is 12.4. The lowest BCUT2D eigenvalue weighted by atomic mass is 9.99. The van der Waals surface area contributed by atoms with E-state index in [1.807, 2.05) is 6.92 Å². The summed E-state index contributed by atoms with van der Waals surface area (Å²) in [4.78, 5) is 2.36. The monoisotopic (exact) mass is 234 g/mol. The molecule has 1 aromatic rings. The van der Waals surface area contributed by atoms with Crippen LogP contribution in [0, 0.1) is 0 Å². The number of hydrogen-bond donors (Lipinski definition) is 2. The summed E-state index contributed by atoms with van der Waals surface area (Å²) in [5, 5.41) is 9.95. The van der Waals surface area contributed by atoms with Crippen LogP contribution in [0.25, 0.3) is 0 Å². The summed E-state index contributed by atoms with van der Waals surface area (Å²) >= 11 is 0. The van der Waals surface area contributed by atoms with Crippen LogP contribution in [0.4, 0.5) is 5.69 Å². The molecule has 1 unspecified atom stereocenters. The second kappa shape index (κ2) is 5.07. The number of aliphatic hydroxyl groups is 1. The number of benzene rings is 1. The average Bonchev–Trinajstić information content (AvgIpc) is 2.36. The van der Waals surface area contributed by atoms with Gasteiger partial charge in [0.25, 0.3) is 0 Å². The molecule has 3 nitrogen and oxygen atoms in total. The van der Waals surface area contributed by atoms with Gasteiger partial charge in [0, 0.05) is 25.3 Å². The van der Waals surface area contributed by atoms with E-state index in [0.29, 0.717) is 6.54 Å². The minimum absolute atomic E-state index is 0.322. The molecule has 0 radical (unpaired) electrons. The Morgan fingerprint density at radius 2 is 2.18 bits per heavy atom. The molecule has 17 heavy (non-hydrogen) atoms. The van der Waals surface area contributed by atoms with Gasteiger partial charge in [-0.3, -0.25) is 0 Å². The van der Waals surface area contributed by atoms with Crippen molar-refractivity contribution >= 4 is 5.69 Å². The molecule has 3 N–H and O–H groups in total. The summed E-state index contributed by atoms with van der Waals surface area (Å²) in [6.07, 6.45) is 3.08. The number of rotatable bonds is 4. The molecule has 0 amide bonds. The van der Waals surface area contributed by atoms with Crippen molar-refractivity contribution in [2.24, 2.45) is 5.73 Å². The van der Waals surface area contributed by atoms with Crippen molar-refractivity contribution in [1.82, 2.24) is 0 Å². The number of fused-ring (bicyclic) bond motifs is 1. The fourth-order valence-corrected chi connectivity index (χ4v) is 2.32. The van der Waals surface area contributed by atoms with Crippen LogP contribution in [-0.4, -0.2) is 30.3 Å². The van der Waals surface area contributed by atoms with Gasteiger partial charge in [-0.15, -0.1) is 0 Å². The van der Waals surface area contributed by atoms with E-state index in [-0.39, 0.29) is 0 Å². The molecule has 0 spiro atoms. The largest absolute Gasteiger partial charge is 0.389 e. The lowest BCUT2D eigenvalue weighted by molar-refractivity contribution is 0.0619. The highest BCUT2D eigenvalue weighted by atomic mass is 16.3. The summed E-state index contributed by atoms with van der Waals surface area (Å²) < 4.78 is 0. The summed E-state index contributed by atoms with van der Waals surface area (Å²) in [5.74, 6) is 0. The molecule has 1 heterocycles. The van der Waals surface area contributed by atoms with E-state index in [1.54, 1.807) is 0 Å². The Morgan fingerprint density at radius 1 is 1.41 bits per heavy atom. The molecule has 0 aliphatic carbocycles. The maximum absolute atomic E-state index is 9.95. The van der Waals surface area contributed by atoms with E-state index in [4.69, 9.17) is 5.73 Å². The van der Waals surface area contributed by atoms with Crippen molar-refractivity contribution in [3.63, 3.8) is 0 Å². The van der Waals surface area contributed by atoms with E-state index in [2.05, 4.69) is 29.2 Å². The third-order valence-corrected chi connectivity index (χ3v) is 3.57. The zero-order chi connectivity index (χ0) is 12.3. The van der Waals surface area contributed by atoms with E-state index in [9.17, 15) is 5.11 Å². The smallest absolute Gasteiger partial charge is 0.0758 e. The third kappa shape index (κ3) is 2.99. The van der Waals surface area contributed by atoms with Gasteiger partial charge in [0.15, 0.2) is 0 Å². The van der Waals surface area contributed by atoms with Gasteiger partial charge in [-0.1, -0.05) is 18.2 Å². The molecule has 0 saturated carbocycles. The molecule has 1 aliphatic rings. The Kier molecular flexibility index (Phi) is 3.69. The van der Waals surface area contributed by atoms with E-state index in [0.717, 1.165) is 19.5 Å². The van der Waals surface area contributed by atoms with Crippen LogP contribution < -0.4 is 10.6 Å². The SMILES string of the molecule is CC(O)(CN)CCN1CCCc2ccccc21. The quantitative estimate of drug-likeness (QED) is 0.831. The maximum atomic E-state index is 9.95. The van der Waals surface area contributed by atoms with Gasteiger partial charge in [-0.05, 0) is 37.8 Å². The predicted molar refractivity (Wildman–Crippen MR) is 71.3 cm³/mol. The number of aryl methyl sites for hydroxylation is 1. The number of hydrogen-bond acceptors (Lipinski definition) is 3. The minimum atomic E-state index is -0.744. The average molecular weight is 234 g/mol. The Morgan fingerprint density at radius 3 is 2.94 bits per heavy atom. The van der Waals surface area contributed by atoms with Crippen molar-refractivity contribution in [3.8, 4) is 0 Å². The molecular formula is C14H22N2O. The normalized spacial score (nSPS) is 18.6. The Balaban J connectivity index is 2.04. The predicted octanol–water partition coefficient (Wildman–Crippen LogP) is 1.54. The lowest BCUT2D eigenvalue weighted by Crippen LogP contribution is -2.40. The van der Waals surface area contributed by atoms with Crippen molar-refractivity contribution in [3.05, 3.63) is 29.8 Å². The van der Waals surface area contributed by atoms with Crippen molar-refractivity contribution in [1.29, 1.82) is 0 Å². The molecule has 0 saturated heterocycles. The van der Waals surface area contributed by atoms with Gasteiger partial charge in [0.1, 0.15) is 0 Å². The number of anilines is 1. The second-order valence-electron chi connectivity index (χ2n) is 5.17. The van der Waals surface area contributed by atoms with Crippen LogP contribution in [0.2, 0.25) is 0 Å². The van der Waals surface area contributed by atoms with Crippen LogP contribution in [0.1, 0.15) is 25.3 Å². The molecule has 1 aromatic carbocycles. The van der Waals surface area contributed by atoms with Crippen molar-refractivity contribution in [2.75, 3.05) is 24.5 Å². The van der Waals surface area contributed by atoms with Gasteiger partial charge in [0.2, 0.25) is 0 Å². The highest BCUT2D eigenvalue weighted by molar-refractivity contribution is 5.55. The molecule has 0 bridgehead atoms. The van der Waals surface area contributed by atoms with Gasteiger partial charge in [0.05, 0.1) is 5.60 Å². The van der Waals surface area contributed by atoms with Gasteiger partial charge in [-0.25, -0.2) is 0 Å². The van der Waals surface area contributed by atoms with Crippen LogP contribution in [0.15, 0.2) is 24.3 Å². The van der Waals surface area contributed by atoms with Crippen LogP contribution >= 0.6 is 0 Å². The molecule has 3 heteroatoms. The van der Waals surface area contributed by atoms with Crippen LogP contribution in [0.3, 0.4) is 0 Å². The molecule has 2 rings (SSSR count). The maximum Gasteiger partial charge on any atom is 0.0758 e. The number of nitrogens with two attached hydrogens (primary N) is 1. The highest BCUT2D eigenvalue weighted by Crippen LogP contribution is 2.27. The molecule has 1 aliphatic heterocycles.